The second kappa shape index (κ2) is 9.58. The van der Waals surface area contributed by atoms with Crippen molar-refractivity contribution in [2.24, 2.45) is 5.92 Å². The quantitative estimate of drug-likeness (QED) is 0.283. The van der Waals surface area contributed by atoms with Gasteiger partial charge in [-0.2, -0.15) is 0 Å². The number of pyridine rings is 1. The minimum Gasteiger partial charge on any atom is -0.383 e. The zero-order chi connectivity index (χ0) is 28.4. The van der Waals surface area contributed by atoms with Crippen LogP contribution < -0.4 is 11.1 Å². The number of likely N-dealkylation sites (tertiary alicyclic amines) is 1. The van der Waals surface area contributed by atoms with Crippen LogP contribution in [-0.4, -0.2) is 58.3 Å². The Kier molecular flexibility index (Phi) is 5.96. The van der Waals surface area contributed by atoms with Gasteiger partial charge in [-0.3, -0.25) is 9.59 Å². The van der Waals surface area contributed by atoms with Crippen LogP contribution in [0.3, 0.4) is 0 Å². The summed E-state index contributed by atoms with van der Waals surface area (Å²) in [5.74, 6) is 1.44. The molecular weight excluding hydrogens is 586 g/mol. The zero-order valence-electron chi connectivity index (χ0n) is 22.4. The van der Waals surface area contributed by atoms with Gasteiger partial charge in [-0.1, -0.05) is 6.07 Å². The maximum absolute atomic E-state index is 14.0. The molecule has 2 fully saturated rings. The lowest BCUT2D eigenvalue weighted by atomic mass is 10.0. The molecule has 7 rings (SSSR count). The van der Waals surface area contributed by atoms with Crippen LogP contribution in [0.5, 0.6) is 0 Å². The topological polar surface area (TPSA) is 145 Å². The number of carbonyl (C=O) groups excluding carboxylic acids is 2. The van der Waals surface area contributed by atoms with Crippen LogP contribution in [0.2, 0.25) is 0 Å². The Morgan fingerprint density at radius 1 is 1.07 bits per heavy atom. The van der Waals surface area contributed by atoms with Crippen molar-refractivity contribution in [2.75, 3.05) is 11.1 Å². The second-order valence-electron chi connectivity index (χ2n) is 10.7. The molecule has 5 aromatic rings. The maximum Gasteiger partial charge on any atom is 0.248 e. The molecule has 1 aromatic carbocycles. The summed E-state index contributed by atoms with van der Waals surface area (Å²) < 4.78 is 2.52. The van der Waals surface area contributed by atoms with Crippen molar-refractivity contribution in [1.29, 1.82) is 0 Å². The van der Waals surface area contributed by atoms with E-state index in [4.69, 9.17) is 5.73 Å². The van der Waals surface area contributed by atoms with Crippen LogP contribution in [-0.2, 0) is 16.1 Å². The first-order valence-electron chi connectivity index (χ1n) is 13.3. The first-order chi connectivity index (χ1) is 19.8. The fourth-order valence-corrected chi connectivity index (χ4v) is 6.45. The molecule has 0 spiro atoms. The lowest BCUT2D eigenvalue weighted by Gasteiger charge is -2.27. The molecule has 1 saturated carbocycles. The van der Waals surface area contributed by atoms with E-state index in [1.807, 2.05) is 30.5 Å². The Balaban J connectivity index is 1.26. The summed E-state index contributed by atoms with van der Waals surface area (Å²) >= 11 is 3.34. The Morgan fingerprint density at radius 3 is 2.66 bits per heavy atom. The van der Waals surface area contributed by atoms with E-state index in [0.717, 1.165) is 34.0 Å². The fraction of sp³-hybridized carbons (Fsp3) is 0.276. The number of piperidine rings is 1. The molecule has 11 nitrogen and oxygen atoms in total. The van der Waals surface area contributed by atoms with Crippen molar-refractivity contribution >= 4 is 61.3 Å². The highest BCUT2D eigenvalue weighted by molar-refractivity contribution is 9.10. The predicted molar refractivity (Wildman–Crippen MR) is 158 cm³/mol. The molecule has 3 atom stereocenters. The van der Waals surface area contributed by atoms with Crippen LogP contribution >= 0.6 is 15.9 Å². The van der Waals surface area contributed by atoms with Crippen LogP contribution in [0.25, 0.3) is 33.1 Å². The predicted octanol–water partition coefficient (Wildman–Crippen LogP) is 4.03. The van der Waals surface area contributed by atoms with Crippen molar-refractivity contribution in [3.63, 3.8) is 0 Å². The van der Waals surface area contributed by atoms with Gasteiger partial charge in [0.15, 0.2) is 0 Å². The summed E-state index contributed by atoms with van der Waals surface area (Å²) in [4.78, 5) is 50.8. The number of nitrogens with one attached hydrogen (secondary N) is 1. The number of hydrogen-bond acceptors (Lipinski definition) is 8. The molecule has 0 bridgehead atoms. The molecule has 12 heteroatoms. The van der Waals surface area contributed by atoms with E-state index in [9.17, 15) is 9.59 Å². The normalized spacial score (nSPS) is 19.5. The van der Waals surface area contributed by atoms with Gasteiger partial charge >= 0.3 is 0 Å². The second-order valence-corrected chi connectivity index (χ2v) is 11.5. The van der Waals surface area contributed by atoms with E-state index in [0.29, 0.717) is 45.4 Å². The molecule has 3 N–H and O–H groups in total. The first kappa shape index (κ1) is 25.5. The van der Waals surface area contributed by atoms with E-state index in [-0.39, 0.29) is 24.4 Å². The monoisotopic (exact) mass is 611 g/mol. The van der Waals surface area contributed by atoms with E-state index in [1.165, 1.54) is 6.33 Å². The number of rotatable bonds is 5. The van der Waals surface area contributed by atoms with Crippen molar-refractivity contribution in [3.05, 3.63) is 65.0 Å². The number of nitrogens with two attached hydrogens (primary N) is 1. The van der Waals surface area contributed by atoms with Crippen molar-refractivity contribution in [2.45, 2.75) is 45.3 Å². The number of fused-ring (bicyclic) bond motifs is 4. The van der Waals surface area contributed by atoms with Gasteiger partial charge in [-0.15, -0.1) is 0 Å². The molecule has 2 amide bonds. The Labute approximate surface area is 243 Å². The number of hydrogen-bond donors (Lipinski definition) is 2. The highest BCUT2D eigenvalue weighted by atomic mass is 79.9. The molecule has 0 radical (unpaired) electrons. The molecular formula is C29H26BrN9O2. The largest absolute Gasteiger partial charge is 0.383 e. The van der Waals surface area contributed by atoms with Gasteiger partial charge in [0, 0.05) is 29.4 Å². The number of aromatic nitrogens is 6. The molecule has 1 aliphatic carbocycles. The maximum atomic E-state index is 14.0. The smallest absolute Gasteiger partial charge is 0.248 e. The van der Waals surface area contributed by atoms with E-state index < -0.39 is 6.04 Å². The zero-order valence-corrected chi connectivity index (χ0v) is 24.0. The number of carbonyl (C=O) groups is 2. The van der Waals surface area contributed by atoms with Crippen molar-refractivity contribution < 1.29 is 9.59 Å². The number of benzene rings is 1. The third kappa shape index (κ3) is 4.38. The van der Waals surface area contributed by atoms with Gasteiger partial charge in [0.2, 0.25) is 11.8 Å². The van der Waals surface area contributed by atoms with Gasteiger partial charge in [0.1, 0.15) is 46.6 Å². The molecule has 5 heterocycles. The summed E-state index contributed by atoms with van der Waals surface area (Å²) in [6, 6.07) is 8.90. The molecule has 206 valence electrons. The van der Waals surface area contributed by atoms with Gasteiger partial charge in [0.05, 0.1) is 10.9 Å². The van der Waals surface area contributed by atoms with Gasteiger partial charge in [0.25, 0.3) is 0 Å². The molecule has 41 heavy (non-hydrogen) atoms. The average Bonchev–Trinajstić information content (AvgIpc) is 3.48. The van der Waals surface area contributed by atoms with Gasteiger partial charge in [-0.25, -0.2) is 24.9 Å². The van der Waals surface area contributed by atoms with Crippen molar-refractivity contribution in [3.8, 4) is 11.1 Å². The van der Waals surface area contributed by atoms with E-state index in [2.05, 4.69) is 46.2 Å². The van der Waals surface area contributed by atoms with Gasteiger partial charge < -0.3 is 20.5 Å². The molecule has 1 unspecified atom stereocenters. The number of anilines is 2. The molecule has 1 aliphatic heterocycles. The van der Waals surface area contributed by atoms with Crippen molar-refractivity contribution in [1.82, 2.24) is 34.4 Å². The van der Waals surface area contributed by atoms with E-state index >= 15 is 0 Å². The first-order valence-corrected chi connectivity index (χ1v) is 14.1. The molecule has 1 saturated heterocycles. The van der Waals surface area contributed by atoms with Crippen LogP contribution in [0.4, 0.5) is 11.6 Å². The highest BCUT2D eigenvalue weighted by Gasteiger charge is 2.56. The highest BCUT2D eigenvalue weighted by Crippen LogP contribution is 2.48. The third-order valence-electron chi connectivity index (χ3n) is 8.02. The van der Waals surface area contributed by atoms with Crippen LogP contribution in [0, 0.1) is 19.8 Å². The summed E-state index contributed by atoms with van der Waals surface area (Å²) in [6.07, 6.45) is 6.54. The number of nitrogen functional groups attached to an aromatic ring is 1. The number of halogens is 1. The molecule has 4 aromatic heterocycles. The SMILES string of the molecule is Cc1ncc(-c2cc(C)c3c(c2)c2c(N)ncnc2n3CC(=O)N2C(C(=O)Nc3cccc(Br)n3)C[C@H]3C[C@@H]32)cn1. The summed E-state index contributed by atoms with van der Waals surface area (Å²) in [5, 5.41) is 4.42. The van der Waals surface area contributed by atoms with Crippen LogP contribution in [0.1, 0.15) is 24.2 Å². The number of aryl methyl sites for hydroxylation is 2. The van der Waals surface area contributed by atoms with E-state index in [1.54, 1.807) is 35.5 Å². The lowest BCUT2D eigenvalue weighted by molar-refractivity contribution is -0.138. The Morgan fingerprint density at radius 2 is 1.88 bits per heavy atom. The Bertz CT molecular complexity index is 1870. The summed E-state index contributed by atoms with van der Waals surface area (Å²) in [7, 11) is 0. The minimum absolute atomic E-state index is 0.0203. The number of amides is 2. The Hall–Kier alpha value is -4.45. The lowest BCUT2D eigenvalue weighted by Crippen LogP contribution is -2.46. The van der Waals surface area contributed by atoms with Gasteiger partial charge in [-0.05, 0) is 83.9 Å². The summed E-state index contributed by atoms with van der Waals surface area (Å²) in [5.41, 5.74) is 10.6. The van der Waals surface area contributed by atoms with Crippen LogP contribution in [0.15, 0.2) is 53.7 Å². The molecule has 2 aliphatic rings. The fourth-order valence-electron chi connectivity index (χ4n) is 6.10. The number of nitrogens with zero attached hydrogens (tertiary/aromatic N) is 7. The average molecular weight is 612 g/mol. The minimum atomic E-state index is -0.561. The summed E-state index contributed by atoms with van der Waals surface area (Å²) in [6.45, 7) is 3.86. The third-order valence-corrected chi connectivity index (χ3v) is 8.46. The standard InChI is InChI=1S/C29H26BrN9O2/c1-14-6-16(18-10-32-15(2)33-11-18)7-19-25-27(31)34-13-35-28(25)38(26(14)19)12-24(40)39-20-8-17(20)9-21(39)29(41)37-23-5-3-4-22(30)36-23/h3-7,10-11,13,17,20-21H,8-9,12H2,1-2H3,(H2,31,34,35)(H,36,37,41)/t17-,20+,21?/m1/s1.